The fraction of sp³-hybridized carbons (Fsp3) is 0.333. The van der Waals surface area contributed by atoms with Crippen molar-refractivity contribution in [2.24, 2.45) is 0 Å². The Balaban J connectivity index is 2.17. The van der Waals surface area contributed by atoms with E-state index in [0.29, 0.717) is 11.3 Å². The summed E-state index contributed by atoms with van der Waals surface area (Å²) < 4.78 is 31.0. The summed E-state index contributed by atoms with van der Waals surface area (Å²) in [7, 11) is -3.49. The van der Waals surface area contributed by atoms with Gasteiger partial charge in [-0.05, 0) is 37.1 Å². The predicted octanol–water partition coefficient (Wildman–Crippen LogP) is 3.04. The monoisotopic (exact) mass is 347 g/mol. The van der Waals surface area contributed by atoms with Crippen molar-refractivity contribution in [3.05, 3.63) is 59.7 Å². The van der Waals surface area contributed by atoms with Crippen molar-refractivity contribution in [3.8, 4) is 5.75 Å². The van der Waals surface area contributed by atoms with Crippen LogP contribution in [-0.2, 0) is 9.84 Å². The fourth-order valence-corrected chi connectivity index (χ4v) is 4.44. The standard InChI is InChI=1S/C18H21NO4S/c1-13(2)23-15-8-9-16-17(12-15)24(21,22)11-10-19(20)18(16)14-6-4-3-5-7-14/h3-9,12-13,18,20H,10-11H2,1-2H3. The molecule has 5 nitrogen and oxygen atoms in total. The second kappa shape index (κ2) is 6.55. The van der Waals surface area contributed by atoms with Gasteiger partial charge in [0, 0.05) is 6.54 Å². The van der Waals surface area contributed by atoms with Crippen molar-refractivity contribution in [1.82, 2.24) is 5.06 Å². The van der Waals surface area contributed by atoms with Crippen LogP contribution >= 0.6 is 0 Å². The molecule has 0 radical (unpaired) electrons. The van der Waals surface area contributed by atoms with Crippen LogP contribution in [-0.4, -0.2) is 37.1 Å². The summed E-state index contributed by atoms with van der Waals surface area (Å²) in [6.07, 6.45) is -0.0456. The number of hydrogen-bond acceptors (Lipinski definition) is 5. The Morgan fingerprint density at radius 3 is 2.54 bits per heavy atom. The SMILES string of the molecule is CC(C)Oc1ccc2c(c1)S(=O)(=O)CCN(O)C2c1ccccc1. The fourth-order valence-electron chi connectivity index (χ4n) is 2.96. The van der Waals surface area contributed by atoms with E-state index in [9.17, 15) is 13.6 Å². The Bertz CT molecular complexity index is 818. The van der Waals surface area contributed by atoms with E-state index in [1.807, 2.05) is 44.2 Å². The maximum Gasteiger partial charge on any atom is 0.180 e. The first kappa shape index (κ1) is 17.0. The molecule has 0 fully saturated rings. The molecule has 24 heavy (non-hydrogen) atoms. The highest BCUT2D eigenvalue weighted by atomic mass is 32.2. The van der Waals surface area contributed by atoms with Crippen LogP contribution < -0.4 is 4.74 Å². The second-order valence-corrected chi connectivity index (χ2v) is 8.24. The van der Waals surface area contributed by atoms with Crippen LogP contribution in [0.3, 0.4) is 0 Å². The molecule has 0 saturated carbocycles. The van der Waals surface area contributed by atoms with Crippen LogP contribution in [0.5, 0.6) is 5.75 Å². The summed E-state index contributed by atoms with van der Waals surface area (Å²) in [5, 5.41) is 11.5. The highest BCUT2D eigenvalue weighted by Crippen LogP contribution is 2.37. The number of ether oxygens (including phenoxy) is 1. The second-order valence-electron chi connectivity index (χ2n) is 6.16. The lowest BCUT2D eigenvalue weighted by Crippen LogP contribution is -2.27. The molecule has 1 N–H and O–H groups in total. The lowest BCUT2D eigenvalue weighted by molar-refractivity contribution is -0.111. The molecule has 3 rings (SSSR count). The molecule has 1 unspecified atom stereocenters. The van der Waals surface area contributed by atoms with E-state index in [0.717, 1.165) is 10.6 Å². The van der Waals surface area contributed by atoms with Crippen molar-refractivity contribution >= 4 is 9.84 Å². The molecule has 1 atom stereocenters. The summed E-state index contributed by atoms with van der Waals surface area (Å²) in [4.78, 5) is 0.228. The summed E-state index contributed by atoms with van der Waals surface area (Å²) in [6, 6.07) is 13.9. The van der Waals surface area contributed by atoms with Crippen molar-refractivity contribution < 1.29 is 18.4 Å². The first-order chi connectivity index (χ1) is 11.4. The normalized spacial score (nSPS) is 20.4. The van der Waals surface area contributed by atoms with E-state index < -0.39 is 15.9 Å². The smallest absolute Gasteiger partial charge is 0.180 e. The van der Waals surface area contributed by atoms with Crippen LogP contribution in [0.1, 0.15) is 31.0 Å². The van der Waals surface area contributed by atoms with Gasteiger partial charge >= 0.3 is 0 Å². The van der Waals surface area contributed by atoms with Gasteiger partial charge in [0.05, 0.1) is 22.8 Å². The number of fused-ring (bicyclic) bond motifs is 1. The van der Waals surface area contributed by atoms with E-state index in [1.54, 1.807) is 18.2 Å². The van der Waals surface area contributed by atoms with Crippen LogP contribution in [0, 0.1) is 0 Å². The molecule has 128 valence electrons. The molecule has 2 aromatic rings. The largest absolute Gasteiger partial charge is 0.491 e. The third-order valence-electron chi connectivity index (χ3n) is 3.99. The predicted molar refractivity (Wildman–Crippen MR) is 91.0 cm³/mol. The molecule has 1 aliphatic heterocycles. The van der Waals surface area contributed by atoms with E-state index in [4.69, 9.17) is 4.74 Å². The van der Waals surface area contributed by atoms with Crippen molar-refractivity contribution in [1.29, 1.82) is 0 Å². The van der Waals surface area contributed by atoms with Gasteiger partial charge in [0.2, 0.25) is 0 Å². The number of nitrogens with zero attached hydrogens (tertiary/aromatic N) is 1. The first-order valence-electron chi connectivity index (χ1n) is 7.92. The van der Waals surface area contributed by atoms with Gasteiger partial charge in [-0.1, -0.05) is 36.4 Å². The van der Waals surface area contributed by atoms with E-state index >= 15 is 0 Å². The van der Waals surface area contributed by atoms with Gasteiger partial charge in [-0.25, -0.2) is 8.42 Å². The van der Waals surface area contributed by atoms with Gasteiger partial charge in [0.15, 0.2) is 9.84 Å². The Morgan fingerprint density at radius 1 is 1.17 bits per heavy atom. The Hall–Kier alpha value is -1.89. The summed E-state index contributed by atoms with van der Waals surface area (Å²) >= 11 is 0. The number of hydrogen-bond donors (Lipinski definition) is 1. The molecule has 0 amide bonds. The van der Waals surface area contributed by atoms with Gasteiger partial charge in [0.25, 0.3) is 0 Å². The number of benzene rings is 2. The van der Waals surface area contributed by atoms with Gasteiger partial charge < -0.3 is 9.94 Å². The minimum atomic E-state index is -3.49. The number of sulfone groups is 1. The molecule has 1 aliphatic rings. The Morgan fingerprint density at radius 2 is 1.88 bits per heavy atom. The highest BCUT2D eigenvalue weighted by molar-refractivity contribution is 7.91. The average molecular weight is 347 g/mol. The van der Waals surface area contributed by atoms with Crippen molar-refractivity contribution in [3.63, 3.8) is 0 Å². The highest BCUT2D eigenvalue weighted by Gasteiger charge is 2.33. The zero-order valence-corrected chi connectivity index (χ0v) is 14.5. The van der Waals surface area contributed by atoms with Gasteiger partial charge in [-0.2, -0.15) is 5.06 Å². The van der Waals surface area contributed by atoms with E-state index in [2.05, 4.69) is 0 Å². The Kier molecular flexibility index (Phi) is 4.62. The van der Waals surface area contributed by atoms with Crippen LogP contribution in [0.25, 0.3) is 0 Å². The maximum absolute atomic E-state index is 12.7. The molecule has 1 heterocycles. The van der Waals surface area contributed by atoms with Crippen LogP contribution in [0.2, 0.25) is 0 Å². The zero-order valence-electron chi connectivity index (χ0n) is 13.7. The number of hydroxylamine groups is 2. The van der Waals surface area contributed by atoms with Crippen LogP contribution in [0.15, 0.2) is 53.4 Å². The minimum absolute atomic E-state index is 0.0456. The van der Waals surface area contributed by atoms with Gasteiger partial charge in [-0.15, -0.1) is 0 Å². The van der Waals surface area contributed by atoms with E-state index in [-0.39, 0.29) is 23.3 Å². The molecule has 0 spiro atoms. The average Bonchev–Trinajstić information content (AvgIpc) is 2.63. The lowest BCUT2D eigenvalue weighted by atomic mass is 9.98. The summed E-state index contributed by atoms with van der Waals surface area (Å²) in [5.74, 6) is 0.385. The lowest BCUT2D eigenvalue weighted by Gasteiger charge is -2.25. The van der Waals surface area contributed by atoms with Crippen molar-refractivity contribution in [2.75, 3.05) is 12.3 Å². The topological polar surface area (TPSA) is 66.8 Å². The van der Waals surface area contributed by atoms with Crippen LogP contribution in [0.4, 0.5) is 0 Å². The Labute approximate surface area is 142 Å². The summed E-state index contributed by atoms with van der Waals surface area (Å²) in [5.41, 5.74) is 1.41. The van der Waals surface area contributed by atoms with Gasteiger partial charge in [0.1, 0.15) is 5.75 Å². The third-order valence-corrected chi connectivity index (χ3v) is 5.73. The molecular weight excluding hydrogens is 326 g/mol. The molecular formula is C18H21NO4S. The van der Waals surface area contributed by atoms with Gasteiger partial charge in [-0.3, -0.25) is 0 Å². The molecule has 0 aliphatic carbocycles. The third kappa shape index (κ3) is 3.31. The molecule has 0 aromatic heterocycles. The minimum Gasteiger partial charge on any atom is -0.491 e. The first-order valence-corrected chi connectivity index (χ1v) is 9.57. The van der Waals surface area contributed by atoms with E-state index in [1.165, 1.54) is 0 Å². The molecule has 2 aromatic carbocycles. The summed E-state index contributed by atoms with van der Waals surface area (Å²) in [6.45, 7) is 3.84. The number of rotatable bonds is 3. The van der Waals surface area contributed by atoms with Crippen molar-refractivity contribution in [2.45, 2.75) is 30.9 Å². The quantitative estimate of drug-likeness (QED) is 0.924. The molecule has 0 saturated heterocycles. The maximum atomic E-state index is 12.7. The molecule has 0 bridgehead atoms. The zero-order chi connectivity index (χ0) is 17.3. The molecule has 6 heteroatoms.